The summed E-state index contributed by atoms with van der Waals surface area (Å²) in [4.78, 5) is 2.58. The lowest BCUT2D eigenvalue weighted by atomic mass is 10.1. The van der Waals surface area contributed by atoms with E-state index < -0.39 is 0 Å². The number of rotatable bonds is 14. The molecule has 0 spiro atoms. The van der Waals surface area contributed by atoms with Gasteiger partial charge in [-0.2, -0.15) is 0 Å². The molecule has 2 N–H and O–H groups in total. The normalized spacial score (nSPS) is 13.1. The van der Waals surface area contributed by atoms with E-state index in [-0.39, 0.29) is 0 Å². The molecule has 2 unspecified atom stereocenters. The lowest BCUT2D eigenvalue weighted by molar-refractivity contribution is 0.610. The quantitative estimate of drug-likeness (QED) is 0.304. The molecule has 0 heterocycles. The molecule has 0 saturated carbocycles. The molecule has 2 aromatic carbocycles. The monoisotopic (exact) mass is 412 g/mol. The van der Waals surface area contributed by atoms with E-state index in [1.54, 1.807) is 0 Å². The maximum atomic E-state index is 3.85. The van der Waals surface area contributed by atoms with Crippen molar-refractivity contribution in [2.75, 3.05) is 10.6 Å². The molecule has 29 heavy (non-hydrogen) atoms. The van der Waals surface area contributed by atoms with Crippen LogP contribution in [0.2, 0.25) is 0 Å². The van der Waals surface area contributed by atoms with Crippen molar-refractivity contribution in [2.24, 2.45) is 0 Å². The van der Waals surface area contributed by atoms with Crippen LogP contribution in [-0.2, 0) is 0 Å². The molecule has 0 aliphatic carbocycles. The first-order valence-corrected chi connectivity index (χ1v) is 12.3. The summed E-state index contributed by atoms with van der Waals surface area (Å²) in [6.45, 7) is 9.16. The zero-order valence-corrected chi connectivity index (χ0v) is 19.7. The molecule has 2 atom stereocenters. The fourth-order valence-corrected chi connectivity index (χ4v) is 4.52. The summed E-state index contributed by atoms with van der Waals surface area (Å²) >= 11 is 1.84. The Morgan fingerprint density at radius 1 is 0.724 bits per heavy atom. The third kappa shape index (κ3) is 8.74. The number of hydrogen-bond donors (Lipinski definition) is 2. The van der Waals surface area contributed by atoms with Crippen molar-refractivity contribution >= 4 is 23.1 Å². The Balaban J connectivity index is 2.17. The van der Waals surface area contributed by atoms with Gasteiger partial charge in [0.25, 0.3) is 0 Å². The van der Waals surface area contributed by atoms with E-state index in [1.165, 1.54) is 72.5 Å². The van der Waals surface area contributed by atoms with E-state index in [0.717, 1.165) is 0 Å². The molecule has 3 heteroatoms. The fourth-order valence-electron chi connectivity index (χ4n) is 3.56. The Bertz CT molecular complexity index is 686. The van der Waals surface area contributed by atoms with Crippen LogP contribution in [0.4, 0.5) is 11.4 Å². The molecular weight excluding hydrogens is 372 g/mol. The van der Waals surface area contributed by atoms with Crippen LogP contribution in [0.1, 0.15) is 79.1 Å². The SMILES string of the molecule is CCCCCC(C)Nc1cccc(Sc2ccccc2)c1NC(C)CCCCC. The largest absolute Gasteiger partial charge is 0.381 e. The summed E-state index contributed by atoms with van der Waals surface area (Å²) in [6.07, 6.45) is 10.2. The highest BCUT2D eigenvalue weighted by Crippen LogP contribution is 2.39. The van der Waals surface area contributed by atoms with Gasteiger partial charge in [0, 0.05) is 21.9 Å². The maximum absolute atomic E-state index is 3.85. The van der Waals surface area contributed by atoms with E-state index in [2.05, 4.69) is 86.9 Å². The zero-order valence-electron chi connectivity index (χ0n) is 18.8. The summed E-state index contributed by atoms with van der Waals surface area (Å²) in [5.41, 5.74) is 2.49. The first kappa shape index (κ1) is 23.7. The van der Waals surface area contributed by atoms with Crippen LogP contribution in [-0.4, -0.2) is 12.1 Å². The zero-order chi connectivity index (χ0) is 20.9. The fraction of sp³-hybridized carbons (Fsp3) is 0.538. The van der Waals surface area contributed by atoms with Gasteiger partial charge >= 0.3 is 0 Å². The van der Waals surface area contributed by atoms with E-state index in [1.807, 2.05) is 11.8 Å². The van der Waals surface area contributed by atoms with Crippen LogP contribution in [0.25, 0.3) is 0 Å². The standard InChI is InChI=1S/C26H40N2S/c1-5-7-10-15-21(3)27-24-19-14-20-25(29-23-17-12-9-13-18-23)26(24)28-22(4)16-11-8-6-2/h9,12-14,17-22,27-28H,5-8,10-11,15-16H2,1-4H3. The van der Waals surface area contributed by atoms with E-state index in [4.69, 9.17) is 0 Å². The van der Waals surface area contributed by atoms with Gasteiger partial charge in [-0.3, -0.25) is 0 Å². The number of hydrogen-bond acceptors (Lipinski definition) is 3. The van der Waals surface area contributed by atoms with Crippen LogP contribution in [0, 0.1) is 0 Å². The van der Waals surface area contributed by atoms with Gasteiger partial charge < -0.3 is 10.6 Å². The van der Waals surface area contributed by atoms with Crippen molar-refractivity contribution in [1.82, 2.24) is 0 Å². The van der Waals surface area contributed by atoms with Gasteiger partial charge in [0.05, 0.1) is 11.4 Å². The Kier molecular flexibility index (Phi) is 11.1. The van der Waals surface area contributed by atoms with Crippen molar-refractivity contribution in [1.29, 1.82) is 0 Å². The first-order valence-electron chi connectivity index (χ1n) is 11.5. The Morgan fingerprint density at radius 2 is 1.34 bits per heavy atom. The summed E-state index contributed by atoms with van der Waals surface area (Å²) in [5, 5.41) is 7.64. The van der Waals surface area contributed by atoms with Gasteiger partial charge in [-0.15, -0.1) is 0 Å². The van der Waals surface area contributed by atoms with E-state index >= 15 is 0 Å². The summed E-state index contributed by atoms with van der Waals surface area (Å²) in [5.74, 6) is 0. The summed E-state index contributed by atoms with van der Waals surface area (Å²) < 4.78 is 0. The minimum Gasteiger partial charge on any atom is -0.381 e. The van der Waals surface area contributed by atoms with Crippen LogP contribution >= 0.6 is 11.8 Å². The van der Waals surface area contributed by atoms with Crippen molar-refractivity contribution < 1.29 is 0 Å². The van der Waals surface area contributed by atoms with Gasteiger partial charge in [-0.1, -0.05) is 88.4 Å². The molecule has 0 aliphatic heterocycles. The second-order valence-electron chi connectivity index (χ2n) is 8.18. The molecule has 0 aromatic heterocycles. The molecule has 0 radical (unpaired) electrons. The minimum atomic E-state index is 0.468. The number of unbranched alkanes of at least 4 members (excludes halogenated alkanes) is 4. The van der Waals surface area contributed by atoms with Gasteiger partial charge in [0.15, 0.2) is 0 Å². The number of para-hydroxylation sites is 1. The molecule has 2 nitrogen and oxygen atoms in total. The Morgan fingerprint density at radius 3 is 1.97 bits per heavy atom. The highest BCUT2D eigenvalue weighted by molar-refractivity contribution is 7.99. The molecule has 0 fully saturated rings. The lowest BCUT2D eigenvalue weighted by Gasteiger charge is -2.24. The predicted octanol–water partition coefficient (Wildman–Crippen LogP) is 8.60. The number of anilines is 2. The third-order valence-corrected chi connectivity index (χ3v) is 6.34. The highest BCUT2D eigenvalue weighted by atomic mass is 32.2. The molecule has 0 amide bonds. The Labute approximate surface area is 183 Å². The Hall–Kier alpha value is -1.61. The molecule has 2 rings (SSSR count). The second-order valence-corrected chi connectivity index (χ2v) is 9.29. The molecule has 0 aliphatic rings. The van der Waals surface area contributed by atoms with Crippen LogP contribution in [0.3, 0.4) is 0 Å². The van der Waals surface area contributed by atoms with Crippen LogP contribution in [0.5, 0.6) is 0 Å². The smallest absolute Gasteiger partial charge is 0.0719 e. The summed E-state index contributed by atoms with van der Waals surface area (Å²) in [6, 6.07) is 18.3. The average Bonchev–Trinajstić information content (AvgIpc) is 2.71. The van der Waals surface area contributed by atoms with Gasteiger partial charge in [0.1, 0.15) is 0 Å². The number of benzene rings is 2. The van der Waals surface area contributed by atoms with Crippen LogP contribution in [0.15, 0.2) is 58.3 Å². The topological polar surface area (TPSA) is 24.1 Å². The van der Waals surface area contributed by atoms with Gasteiger partial charge in [0.2, 0.25) is 0 Å². The molecular formula is C26H40N2S. The summed E-state index contributed by atoms with van der Waals surface area (Å²) in [7, 11) is 0. The first-order chi connectivity index (χ1) is 14.1. The van der Waals surface area contributed by atoms with Gasteiger partial charge in [-0.05, 0) is 51.0 Å². The van der Waals surface area contributed by atoms with E-state index in [0.29, 0.717) is 12.1 Å². The van der Waals surface area contributed by atoms with Crippen molar-refractivity contribution in [3.8, 4) is 0 Å². The third-order valence-electron chi connectivity index (χ3n) is 5.27. The van der Waals surface area contributed by atoms with Crippen molar-refractivity contribution in [3.63, 3.8) is 0 Å². The average molecular weight is 413 g/mol. The second kappa shape index (κ2) is 13.6. The lowest BCUT2D eigenvalue weighted by Crippen LogP contribution is -2.20. The molecule has 2 aromatic rings. The molecule has 0 bridgehead atoms. The van der Waals surface area contributed by atoms with E-state index in [9.17, 15) is 0 Å². The molecule has 160 valence electrons. The maximum Gasteiger partial charge on any atom is 0.0719 e. The minimum absolute atomic E-state index is 0.468. The predicted molar refractivity (Wildman–Crippen MR) is 131 cm³/mol. The van der Waals surface area contributed by atoms with Crippen molar-refractivity contribution in [2.45, 2.75) is 101 Å². The highest BCUT2D eigenvalue weighted by Gasteiger charge is 2.14. The molecule has 0 saturated heterocycles. The van der Waals surface area contributed by atoms with Crippen molar-refractivity contribution in [3.05, 3.63) is 48.5 Å². The van der Waals surface area contributed by atoms with Crippen LogP contribution < -0.4 is 10.6 Å². The number of nitrogens with one attached hydrogen (secondary N) is 2. The van der Waals surface area contributed by atoms with Gasteiger partial charge in [-0.25, -0.2) is 0 Å².